The highest BCUT2D eigenvalue weighted by Crippen LogP contribution is 2.25. The van der Waals surface area contributed by atoms with Crippen molar-refractivity contribution in [2.45, 2.75) is 31.2 Å². The Morgan fingerprint density at radius 3 is 2.39 bits per heavy atom. The third-order valence-electron chi connectivity index (χ3n) is 3.70. The predicted octanol–water partition coefficient (Wildman–Crippen LogP) is 2.84. The van der Waals surface area contributed by atoms with E-state index >= 15 is 0 Å². The summed E-state index contributed by atoms with van der Waals surface area (Å²) in [4.78, 5) is 28.9. The largest absolute Gasteiger partial charge is 0.323 e. The zero-order valence-corrected chi connectivity index (χ0v) is 17.0. The number of sulfonamides is 1. The van der Waals surface area contributed by atoms with E-state index in [4.69, 9.17) is 11.6 Å². The van der Waals surface area contributed by atoms with Crippen LogP contribution in [0.1, 0.15) is 31.1 Å². The molecule has 3 aromatic rings. The molecule has 28 heavy (non-hydrogen) atoms. The number of benzene rings is 2. The molecule has 1 heterocycles. The molecule has 4 N–H and O–H groups in total. The number of hydrogen-bond donors (Lipinski definition) is 4. The fraction of sp³-hybridized carbons (Fsp3) is 0.222. The van der Waals surface area contributed by atoms with E-state index in [1.165, 1.54) is 18.2 Å². The Kier molecular flexibility index (Phi) is 5.09. The first-order valence-corrected chi connectivity index (χ1v) is 10.2. The van der Waals surface area contributed by atoms with E-state index < -0.39 is 21.5 Å². The molecule has 3 rings (SSSR count). The first-order valence-electron chi connectivity index (χ1n) is 8.31. The Hall–Kier alpha value is -2.62. The molecule has 1 amide bonds. The van der Waals surface area contributed by atoms with Crippen molar-refractivity contribution in [3.8, 4) is 0 Å². The molecule has 0 atom stereocenters. The first kappa shape index (κ1) is 20.1. The van der Waals surface area contributed by atoms with Gasteiger partial charge in [-0.15, -0.1) is 0 Å². The minimum atomic E-state index is -3.91. The van der Waals surface area contributed by atoms with Crippen LogP contribution in [0.5, 0.6) is 0 Å². The summed E-state index contributed by atoms with van der Waals surface area (Å²) < 4.78 is 27.7. The van der Waals surface area contributed by atoms with E-state index in [1.807, 2.05) is 0 Å². The fourth-order valence-corrected chi connectivity index (χ4v) is 4.57. The molecule has 0 aliphatic rings. The van der Waals surface area contributed by atoms with Gasteiger partial charge in [0.15, 0.2) is 0 Å². The number of imidazole rings is 1. The van der Waals surface area contributed by atoms with Crippen molar-refractivity contribution in [2.75, 3.05) is 5.32 Å². The molecule has 0 unspecified atom stereocenters. The van der Waals surface area contributed by atoms with E-state index in [0.717, 1.165) is 0 Å². The zero-order valence-electron chi connectivity index (χ0n) is 15.4. The number of nitrogens with one attached hydrogen (secondary N) is 4. The second-order valence-electron chi connectivity index (χ2n) is 7.29. The molecule has 10 heteroatoms. The Morgan fingerprint density at radius 1 is 1.04 bits per heavy atom. The average Bonchev–Trinajstić information content (AvgIpc) is 2.92. The summed E-state index contributed by atoms with van der Waals surface area (Å²) in [6.07, 6.45) is 0. The minimum absolute atomic E-state index is 0.0135. The topological polar surface area (TPSA) is 124 Å². The average molecular weight is 423 g/mol. The van der Waals surface area contributed by atoms with Crippen molar-refractivity contribution in [1.82, 2.24) is 14.7 Å². The summed E-state index contributed by atoms with van der Waals surface area (Å²) in [5.74, 6) is -0.513. The third kappa shape index (κ3) is 4.44. The monoisotopic (exact) mass is 422 g/mol. The SMILES string of the molecule is CC(C)(C)NS(=O)(=O)c1cc(C(=O)Nc2ccc3[nH]c(=O)[nH]c3c2)ccc1Cl. The van der Waals surface area contributed by atoms with Crippen LogP contribution in [0.2, 0.25) is 5.02 Å². The van der Waals surface area contributed by atoms with E-state index in [2.05, 4.69) is 20.0 Å². The van der Waals surface area contributed by atoms with Crippen molar-refractivity contribution in [2.24, 2.45) is 0 Å². The van der Waals surface area contributed by atoms with Crippen LogP contribution in [0, 0.1) is 0 Å². The number of carbonyl (C=O) groups is 1. The predicted molar refractivity (Wildman–Crippen MR) is 108 cm³/mol. The lowest BCUT2D eigenvalue weighted by Crippen LogP contribution is -2.40. The lowest BCUT2D eigenvalue weighted by Gasteiger charge is -2.21. The molecule has 0 fully saturated rings. The second kappa shape index (κ2) is 7.08. The van der Waals surface area contributed by atoms with Crippen molar-refractivity contribution in [3.63, 3.8) is 0 Å². The number of H-pyrrole nitrogens is 2. The molecular formula is C18H19ClN4O4S. The van der Waals surface area contributed by atoms with Gasteiger partial charge in [-0.25, -0.2) is 17.9 Å². The van der Waals surface area contributed by atoms with E-state index in [1.54, 1.807) is 39.0 Å². The van der Waals surface area contributed by atoms with Gasteiger partial charge >= 0.3 is 5.69 Å². The molecule has 0 aliphatic heterocycles. The highest BCUT2D eigenvalue weighted by molar-refractivity contribution is 7.89. The minimum Gasteiger partial charge on any atom is -0.322 e. The number of carbonyl (C=O) groups excluding carboxylic acids is 1. The van der Waals surface area contributed by atoms with Gasteiger partial charge in [0.25, 0.3) is 5.91 Å². The summed E-state index contributed by atoms with van der Waals surface area (Å²) in [7, 11) is -3.91. The maximum Gasteiger partial charge on any atom is 0.323 e. The Morgan fingerprint density at radius 2 is 1.71 bits per heavy atom. The van der Waals surface area contributed by atoms with E-state index in [-0.39, 0.29) is 21.2 Å². The van der Waals surface area contributed by atoms with Gasteiger partial charge in [-0.3, -0.25) is 4.79 Å². The lowest BCUT2D eigenvalue weighted by atomic mass is 10.1. The quantitative estimate of drug-likeness (QED) is 0.516. The Bertz CT molecular complexity index is 1220. The standard InChI is InChI=1S/C18H19ClN4O4S/c1-18(2,3)23-28(26,27)15-8-10(4-6-12(15)19)16(24)20-11-5-7-13-14(9-11)22-17(25)21-13/h4-9,23H,1-3H3,(H,20,24)(H2,21,22,25). The van der Waals surface area contributed by atoms with Crippen LogP contribution in [0.25, 0.3) is 11.0 Å². The molecule has 8 nitrogen and oxygen atoms in total. The van der Waals surface area contributed by atoms with Gasteiger partial charge in [0, 0.05) is 16.8 Å². The van der Waals surface area contributed by atoms with Crippen LogP contribution in [-0.2, 0) is 10.0 Å². The normalized spacial score (nSPS) is 12.3. The molecule has 1 aromatic heterocycles. The maximum absolute atomic E-state index is 12.6. The Labute approximate surface area is 166 Å². The number of aromatic nitrogens is 2. The number of aromatic amines is 2. The van der Waals surface area contributed by atoms with Crippen molar-refractivity contribution in [1.29, 1.82) is 0 Å². The summed E-state index contributed by atoms with van der Waals surface area (Å²) >= 11 is 6.05. The fourth-order valence-electron chi connectivity index (χ4n) is 2.62. The first-order chi connectivity index (χ1) is 12.9. The second-order valence-corrected chi connectivity index (χ2v) is 9.35. The highest BCUT2D eigenvalue weighted by Gasteiger charge is 2.25. The molecular weight excluding hydrogens is 404 g/mol. The maximum atomic E-state index is 12.6. The van der Waals surface area contributed by atoms with Crippen LogP contribution < -0.4 is 15.7 Å². The molecule has 2 aromatic carbocycles. The molecule has 0 saturated carbocycles. The Balaban J connectivity index is 1.90. The van der Waals surface area contributed by atoms with Crippen molar-refractivity contribution in [3.05, 3.63) is 57.5 Å². The zero-order chi connectivity index (χ0) is 20.7. The summed E-state index contributed by atoms with van der Waals surface area (Å²) in [6, 6.07) is 8.89. The van der Waals surface area contributed by atoms with Crippen LogP contribution >= 0.6 is 11.6 Å². The summed E-state index contributed by atoms with van der Waals surface area (Å²) in [5, 5.41) is 2.69. The number of fused-ring (bicyclic) bond motifs is 1. The van der Waals surface area contributed by atoms with Gasteiger partial charge < -0.3 is 15.3 Å². The van der Waals surface area contributed by atoms with E-state index in [9.17, 15) is 18.0 Å². The number of hydrogen-bond acceptors (Lipinski definition) is 4. The van der Waals surface area contributed by atoms with Crippen LogP contribution in [0.3, 0.4) is 0 Å². The van der Waals surface area contributed by atoms with Crippen LogP contribution in [-0.4, -0.2) is 29.8 Å². The van der Waals surface area contributed by atoms with Gasteiger partial charge in [0.2, 0.25) is 10.0 Å². The smallest absolute Gasteiger partial charge is 0.322 e. The highest BCUT2D eigenvalue weighted by atomic mass is 35.5. The molecule has 0 spiro atoms. The number of halogens is 1. The molecule has 0 saturated heterocycles. The van der Waals surface area contributed by atoms with Gasteiger partial charge in [0.1, 0.15) is 4.90 Å². The third-order valence-corrected chi connectivity index (χ3v) is 5.94. The van der Waals surface area contributed by atoms with Gasteiger partial charge in [-0.2, -0.15) is 0 Å². The molecule has 0 aliphatic carbocycles. The van der Waals surface area contributed by atoms with Crippen molar-refractivity contribution >= 4 is 44.3 Å². The van der Waals surface area contributed by atoms with Gasteiger partial charge in [0.05, 0.1) is 16.1 Å². The van der Waals surface area contributed by atoms with Crippen LogP contribution in [0.15, 0.2) is 46.1 Å². The summed E-state index contributed by atoms with van der Waals surface area (Å²) in [5.41, 5.74) is 0.662. The number of rotatable bonds is 4. The van der Waals surface area contributed by atoms with Crippen molar-refractivity contribution < 1.29 is 13.2 Å². The number of anilines is 1. The lowest BCUT2D eigenvalue weighted by molar-refractivity contribution is 0.102. The summed E-state index contributed by atoms with van der Waals surface area (Å²) in [6.45, 7) is 5.11. The van der Waals surface area contributed by atoms with E-state index in [0.29, 0.717) is 16.7 Å². The number of amides is 1. The van der Waals surface area contributed by atoms with Gasteiger partial charge in [-0.1, -0.05) is 11.6 Å². The molecule has 148 valence electrons. The van der Waals surface area contributed by atoms with Crippen LogP contribution in [0.4, 0.5) is 5.69 Å². The molecule has 0 radical (unpaired) electrons. The molecule has 0 bridgehead atoms. The van der Waals surface area contributed by atoms with Gasteiger partial charge in [-0.05, 0) is 57.2 Å².